The monoisotopic (exact) mass is 350 g/mol. The maximum Gasteiger partial charge on any atom is 0.186 e. The maximum absolute atomic E-state index is 13.4. The Morgan fingerprint density at radius 1 is 1.29 bits per heavy atom. The van der Waals surface area contributed by atoms with Crippen LogP contribution in [-0.2, 0) is 13.1 Å². The Hall–Kier alpha value is -1.43. The zero-order valence-electron chi connectivity index (χ0n) is 11.6. The van der Waals surface area contributed by atoms with Crippen molar-refractivity contribution in [2.24, 2.45) is 0 Å². The summed E-state index contributed by atoms with van der Waals surface area (Å²) < 4.78 is 14.4. The zero-order chi connectivity index (χ0) is 15.0. The maximum atomic E-state index is 13.4. The highest BCUT2D eigenvalue weighted by atomic mass is 79.9. The van der Waals surface area contributed by atoms with E-state index in [4.69, 9.17) is 0 Å². The van der Waals surface area contributed by atoms with Crippen molar-refractivity contribution in [3.63, 3.8) is 0 Å². The van der Waals surface area contributed by atoms with Crippen LogP contribution in [0, 0.1) is 5.82 Å². The lowest BCUT2D eigenvalue weighted by Crippen LogP contribution is -2.49. The van der Waals surface area contributed by atoms with Crippen LogP contribution in [0.5, 0.6) is 0 Å². The van der Waals surface area contributed by atoms with Gasteiger partial charge in [0.15, 0.2) is 6.35 Å². The first kappa shape index (κ1) is 14.5. The molecule has 21 heavy (non-hydrogen) atoms. The van der Waals surface area contributed by atoms with Crippen LogP contribution in [0.15, 0.2) is 46.9 Å². The normalized spacial score (nSPS) is 18.7. The van der Waals surface area contributed by atoms with Gasteiger partial charge in [0.25, 0.3) is 0 Å². The van der Waals surface area contributed by atoms with E-state index in [-0.39, 0.29) is 5.82 Å². The van der Waals surface area contributed by atoms with Gasteiger partial charge < -0.3 is 10.0 Å². The first-order valence-electron chi connectivity index (χ1n) is 6.73. The van der Waals surface area contributed by atoms with Crippen molar-refractivity contribution in [2.45, 2.75) is 19.4 Å². The molecule has 1 aliphatic heterocycles. The molecule has 1 N–H and O–H groups in total. The van der Waals surface area contributed by atoms with Gasteiger partial charge >= 0.3 is 0 Å². The number of rotatable bonds is 2. The van der Waals surface area contributed by atoms with Crippen molar-refractivity contribution in [1.29, 1.82) is 0 Å². The summed E-state index contributed by atoms with van der Waals surface area (Å²) in [7, 11) is 1.87. The summed E-state index contributed by atoms with van der Waals surface area (Å²) >= 11 is 3.56. The van der Waals surface area contributed by atoms with E-state index in [2.05, 4.69) is 15.9 Å². The van der Waals surface area contributed by atoms with E-state index in [9.17, 15) is 9.50 Å². The number of aliphatic hydroxyl groups excluding tert-OH is 1. The van der Waals surface area contributed by atoms with Gasteiger partial charge in [-0.05, 0) is 36.9 Å². The smallest absolute Gasteiger partial charge is 0.186 e. The molecule has 0 spiro atoms. The molecule has 110 valence electrons. The lowest BCUT2D eigenvalue weighted by Gasteiger charge is -2.41. The predicted molar refractivity (Wildman–Crippen MR) is 84.2 cm³/mol. The molecule has 3 nitrogen and oxygen atoms in total. The molecule has 0 bridgehead atoms. The van der Waals surface area contributed by atoms with Gasteiger partial charge in [0.1, 0.15) is 5.82 Å². The van der Waals surface area contributed by atoms with Gasteiger partial charge in [0, 0.05) is 28.8 Å². The Bertz CT molecular complexity index is 664. The van der Waals surface area contributed by atoms with Crippen molar-refractivity contribution in [3.8, 4) is 0 Å². The molecule has 1 aliphatic rings. The van der Waals surface area contributed by atoms with Crippen LogP contribution in [0.25, 0.3) is 0 Å². The topological polar surface area (TPSA) is 26.7 Å². The molecule has 1 unspecified atom stereocenters. The number of anilines is 1. The van der Waals surface area contributed by atoms with E-state index in [1.54, 1.807) is 6.07 Å². The van der Waals surface area contributed by atoms with Crippen molar-refractivity contribution in [3.05, 3.63) is 63.9 Å². The molecule has 0 aliphatic carbocycles. The number of nitrogens with zero attached hydrogens (tertiary/aromatic N) is 2. The second kappa shape index (κ2) is 5.75. The van der Waals surface area contributed by atoms with E-state index >= 15 is 0 Å². The molecule has 0 saturated carbocycles. The third-order valence-electron chi connectivity index (χ3n) is 3.73. The standard InChI is InChI=1S/C16H16BrFN2O/c1-19-10-13-14(17)6-3-7-15(13)20(16(19)21)9-11-4-2-5-12(18)8-11/h2-8,16,21H,9-10H2,1H3. The third kappa shape index (κ3) is 2.81. The fourth-order valence-electron chi connectivity index (χ4n) is 2.67. The second-order valence-corrected chi connectivity index (χ2v) is 6.11. The molecule has 0 saturated heterocycles. The lowest BCUT2D eigenvalue weighted by atomic mass is 10.1. The number of aliphatic hydroxyl groups is 1. The molecule has 2 aromatic rings. The number of fused-ring (bicyclic) bond motifs is 1. The van der Waals surface area contributed by atoms with E-state index in [1.165, 1.54) is 12.1 Å². The van der Waals surface area contributed by atoms with Crippen LogP contribution in [0.2, 0.25) is 0 Å². The average molecular weight is 351 g/mol. The van der Waals surface area contributed by atoms with Crippen LogP contribution < -0.4 is 4.90 Å². The Labute approximate surface area is 131 Å². The van der Waals surface area contributed by atoms with Gasteiger partial charge in [-0.15, -0.1) is 0 Å². The summed E-state index contributed by atoms with van der Waals surface area (Å²) in [5.74, 6) is -0.262. The van der Waals surface area contributed by atoms with Crippen LogP contribution in [-0.4, -0.2) is 23.4 Å². The summed E-state index contributed by atoms with van der Waals surface area (Å²) in [6.07, 6.45) is -0.727. The minimum atomic E-state index is -0.727. The number of halogens is 2. The SMILES string of the molecule is CN1Cc2c(Br)cccc2N(Cc2cccc(F)c2)C1O. The van der Waals surface area contributed by atoms with Crippen LogP contribution >= 0.6 is 15.9 Å². The van der Waals surface area contributed by atoms with Gasteiger partial charge in [-0.3, -0.25) is 4.90 Å². The highest BCUT2D eigenvalue weighted by molar-refractivity contribution is 9.10. The Kier molecular flexibility index (Phi) is 3.97. The first-order chi connectivity index (χ1) is 10.1. The molecule has 0 fully saturated rings. The van der Waals surface area contributed by atoms with Gasteiger partial charge in [-0.2, -0.15) is 0 Å². The van der Waals surface area contributed by atoms with Crippen molar-refractivity contribution in [2.75, 3.05) is 11.9 Å². The fourth-order valence-corrected chi connectivity index (χ4v) is 3.15. The third-order valence-corrected chi connectivity index (χ3v) is 4.47. The molecule has 1 atom stereocenters. The lowest BCUT2D eigenvalue weighted by molar-refractivity contribution is 0.00557. The van der Waals surface area contributed by atoms with Gasteiger partial charge in [-0.25, -0.2) is 4.39 Å². The number of hydrogen-bond acceptors (Lipinski definition) is 3. The minimum Gasteiger partial charge on any atom is -0.361 e. The molecule has 0 amide bonds. The summed E-state index contributed by atoms with van der Waals surface area (Å²) in [4.78, 5) is 3.73. The number of benzene rings is 2. The predicted octanol–water partition coefficient (Wildman–Crippen LogP) is 3.32. The van der Waals surface area contributed by atoms with Gasteiger partial charge in [0.2, 0.25) is 0 Å². The Morgan fingerprint density at radius 2 is 2.05 bits per heavy atom. The molecule has 0 radical (unpaired) electrons. The van der Waals surface area contributed by atoms with Gasteiger partial charge in [-0.1, -0.05) is 34.1 Å². The largest absolute Gasteiger partial charge is 0.361 e. The molecule has 3 rings (SSSR count). The van der Waals surface area contributed by atoms with Crippen LogP contribution in [0.1, 0.15) is 11.1 Å². The van der Waals surface area contributed by atoms with Crippen molar-refractivity contribution in [1.82, 2.24) is 4.90 Å². The molecule has 1 heterocycles. The molecule has 0 aromatic heterocycles. The number of hydrogen-bond donors (Lipinski definition) is 1. The van der Waals surface area contributed by atoms with E-state index in [0.717, 1.165) is 21.3 Å². The van der Waals surface area contributed by atoms with E-state index in [1.807, 2.05) is 41.1 Å². The van der Waals surface area contributed by atoms with Gasteiger partial charge in [0.05, 0.1) is 0 Å². The Balaban J connectivity index is 1.99. The summed E-state index contributed by atoms with van der Waals surface area (Å²) in [6, 6.07) is 12.4. The molecular formula is C16H16BrFN2O. The summed E-state index contributed by atoms with van der Waals surface area (Å²) in [5.41, 5.74) is 2.93. The van der Waals surface area contributed by atoms with Crippen molar-refractivity contribution < 1.29 is 9.50 Å². The van der Waals surface area contributed by atoms with E-state index in [0.29, 0.717) is 13.1 Å². The fraction of sp³-hybridized carbons (Fsp3) is 0.250. The molecule has 2 aromatic carbocycles. The Morgan fingerprint density at radius 3 is 2.81 bits per heavy atom. The average Bonchev–Trinajstić information content (AvgIpc) is 2.45. The zero-order valence-corrected chi connectivity index (χ0v) is 13.2. The highest BCUT2D eigenvalue weighted by Gasteiger charge is 2.29. The second-order valence-electron chi connectivity index (χ2n) is 5.26. The first-order valence-corrected chi connectivity index (χ1v) is 7.52. The minimum absolute atomic E-state index is 0.262. The summed E-state index contributed by atoms with van der Waals surface area (Å²) in [5, 5.41) is 10.4. The quantitative estimate of drug-likeness (QED) is 0.899. The molecular weight excluding hydrogens is 335 g/mol. The van der Waals surface area contributed by atoms with Crippen LogP contribution in [0.4, 0.5) is 10.1 Å². The van der Waals surface area contributed by atoms with E-state index < -0.39 is 6.35 Å². The molecule has 5 heteroatoms. The highest BCUT2D eigenvalue weighted by Crippen LogP contribution is 2.35. The van der Waals surface area contributed by atoms with Crippen molar-refractivity contribution >= 4 is 21.6 Å². The van der Waals surface area contributed by atoms with Crippen LogP contribution in [0.3, 0.4) is 0 Å². The summed E-state index contributed by atoms with van der Waals surface area (Å²) in [6.45, 7) is 1.12.